The number of pyridine rings is 1. The van der Waals surface area contributed by atoms with Crippen molar-refractivity contribution in [1.29, 1.82) is 5.26 Å². The molecule has 166 valence electrons. The molecule has 0 bridgehead atoms. The minimum atomic E-state index is -0.254. The van der Waals surface area contributed by atoms with Crippen molar-refractivity contribution in [2.24, 2.45) is 17.8 Å². The third-order valence-corrected chi connectivity index (χ3v) is 6.76. The molecular weight excluding hydrogens is 414 g/mol. The minimum absolute atomic E-state index is 0.254. The number of aromatic nitrogens is 1. The number of nitrogens with two attached hydrogens (primary N) is 1. The Balaban J connectivity index is 1.27. The van der Waals surface area contributed by atoms with E-state index in [1.54, 1.807) is 36.4 Å². The first-order valence-corrected chi connectivity index (χ1v) is 11.1. The summed E-state index contributed by atoms with van der Waals surface area (Å²) in [5.41, 5.74) is 10.4. The summed E-state index contributed by atoms with van der Waals surface area (Å²) >= 11 is 0. The highest BCUT2D eigenvalue weighted by molar-refractivity contribution is 6.05. The number of carbonyl (C=O) groups excluding carboxylic acids is 1. The number of fused-ring (bicyclic) bond motifs is 1. The van der Waals surface area contributed by atoms with Gasteiger partial charge in [0, 0.05) is 43.6 Å². The van der Waals surface area contributed by atoms with Gasteiger partial charge in [0.25, 0.3) is 5.91 Å². The molecule has 2 aromatic carbocycles. The molecule has 0 radical (unpaired) electrons. The SMILES string of the molecule is N#Cc1cc(CN2CC3[C@@H](C2)[C@H]3CO)cnc1-c1ccc(C(=O)Nc2ccccc2N)cc1. The highest BCUT2D eigenvalue weighted by Crippen LogP contribution is 2.51. The number of rotatable bonds is 6. The lowest BCUT2D eigenvalue weighted by Crippen LogP contribution is -2.24. The molecule has 3 aromatic rings. The van der Waals surface area contributed by atoms with Crippen LogP contribution >= 0.6 is 0 Å². The molecule has 33 heavy (non-hydrogen) atoms. The van der Waals surface area contributed by atoms with Gasteiger partial charge in [0.2, 0.25) is 0 Å². The van der Waals surface area contributed by atoms with Crippen LogP contribution in [0.25, 0.3) is 11.3 Å². The number of hydrogen-bond acceptors (Lipinski definition) is 6. The van der Waals surface area contributed by atoms with E-state index < -0.39 is 0 Å². The van der Waals surface area contributed by atoms with Crippen LogP contribution < -0.4 is 11.1 Å². The van der Waals surface area contributed by atoms with Gasteiger partial charge < -0.3 is 16.2 Å². The fourth-order valence-electron chi connectivity index (χ4n) is 4.89. The Labute approximate surface area is 192 Å². The summed E-state index contributed by atoms with van der Waals surface area (Å²) in [4.78, 5) is 19.5. The van der Waals surface area contributed by atoms with Crippen LogP contribution in [0.1, 0.15) is 21.5 Å². The Morgan fingerprint density at radius 1 is 1.18 bits per heavy atom. The molecule has 2 heterocycles. The van der Waals surface area contributed by atoms with Gasteiger partial charge >= 0.3 is 0 Å². The van der Waals surface area contributed by atoms with Crippen LogP contribution in [0.2, 0.25) is 0 Å². The van der Waals surface area contributed by atoms with Crippen molar-refractivity contribution in [2.45, 2.75) is 6.54 Å². The smallest absolute Gasteiger partial charge is 0.255 e. The molecule has 0 spiro atoms. The van der Waals surface area contributed by atoms with E-state index in [9.17, 15) is 15.2 Å². The molecule has 7 nitrogen and oxygen atoms in total. The van der Waals surface area contributed by atoms with Gasteiger partial charge in [-0.15, -0.1) is 0 Å². The third kappa shape index (κ3) is 4.19. The molecular formula is C26H25N5O2. The van der Waals surface area contributed by atoms with Gasteiger partial charge in [0.1, 0.15) is 6.07 Å². The second-order valence-electron chi connectivity index (χ2n) is 8.84. The van der Waals surface area contributed by atoms with Crippen LogP contribution in [-0.4, -0.2) is 40.6 Å². The fraction of sp³-hybridized carbons (Fsp3) is 0.269. The Morgan fingerprint density at radius 3 is 2.58 bits per heavy atom. The standard InChI is InChI=1S/C26H25N5O2/c27-10-19-9-16(12-31-13-20-21(14-31)22(20)15-32)11-29-25(19)17-5-7-18(8-6-17)26(33)30-24-4-2-1-3-23(24)28/h1-9,11,20-22,32H,12-15,28H2,(H,30,33)/t20-,21?,22-/m1/s1. The summed E-state index contributed by atoms with van der Waals surface area (Å²) in [6.45, 7) is 3.04. The number of nitriles is 1. The Bertz CT molecular complexity index is 1220. The zero-order valence-electron chi connectivity index (χ0n) is 18.1. The van der Waals surface area contributed by atoms with Crippen molar-refractivity contribution >= 4 is 17.3 Å². The van der Waals surface area contributed by atoms with E-state index in [-0.39, 0.29) is 5.91 Å². The van der Waals surface area contributed by atoms with Gasteiger partial charge in [-0.25, -0.2) is 0 Å². The Morgan fingerprint density at radius 2 is 1.91 bits per heavy atom. The average Bonchev–Trinajstić information content (AvgIpc) is 3.32. The largest absolute Gasteiger partial charge is 0.397 e. The van der Waals surface area contributed by atoms with E-state index in [2.05, 4.69) is 21.3 Å². The van der Waals surface area contributed by atoms with Crippen molar-refractivity contribution in [1.82, 2.24) is 9.88 Å². The first kappa shape index (κ1) is 21.1. The molecule has 1 amide bonds. The second kappa shape index (κ2) is 8.66. The summed E-state index contributed by atoms with van der Waals surface area (Å²) in [6.07, 6.45) is 1.82. The van der Waals surface area contributed by atoms with Gasteiger partial charge in [-0.05, 0) is 53.6 Å². The molecule has 2 fully saturated rings. The molecule has 5 rings (SSSR count). The van der Waals surface area contributed by atoms with E-state index in [0.717, 1.165) is 30.8 Å². The number of nitrogens with one attached hydrogen (secondary N) is 1. The lowest BCUT2D eigenvalue weighted by atomic mass is 10.0. The number of nitrogens with zero attached hydrogens (tertiary/aromatic N) is 3. The van der Waals surface area contributed by atoms with Gasteiger partial charge in [-0.1, -0.05) is 24.3 Å². The van der Waals surface area contributed by atoms with Crippen LogP contribution in [0.3, 0.4) is 0 Å². The molecule has 1 saturated heterocycles. The maximum atomic E-state index is 12.6. The normalized spacial score (nSPS) is 21.3. The topological polar surface area (TPSA) is 115 Å². The number of nitrogen functional groups attached to an aromatic ring is 1. The van der Waals surface area contributed by atoms with Crippen molar-refractivity contribution in [3.8, 4) is 17.3 Å². The molecule has 2 aliphatic rings. The molecule has 7 heteroatoms. The van der Waals surface area contributed by atoms with E-state index in [1.165, 1.54) is 0 Å². The zero-order chi connectivity index (χ0) is 22.9. The third-order valence-electron chi connectivity index (χ3n) is 6.76. The number of anilines is 2. The number of piperidine rings is 1. The molecule has 3 atom stereocenters. The Kier molecular flexibility index (Phi) is 5.55. The predicted octanol–water partition coefficient (Wildman–Crippen LogP) is 3.12. The second-order valence-corrected chi connectivity index (χ2v) is 8.84. The number of hydrogen-bond donors (Lipinski definition) is 3. The van der Waals surface area contributed by atoms with Crippen LogP contribution in [0.15, 0.2) is 60.8 Å². The van der Waals surface area contributed by atoms with E-state index in [1.807, 2.05) is 24.4 Å². The predicted molar refractivity (Wildman–Crippen MR) is 126 cm³/mol. The maximum absolute atomic E-state index is 12.6. The van der Waals surface area contributed by atoms with Crippen LogP contribution in [-0.2, 0) is 6.54 Å². The number of likely N-dealkylation sites (tertiary alicyclic amines) is 1. The summed E-state index contributed by atoms with van der Waals surface area (Å²) in [7, 11) is 0. The number of aliphatic hydroxyl groups is 1. The van der Waals surface area contributed by atoms with E-state index in [4.69, 9.17) is 5.73 Å². The molecule has 1 aliphatic heterocycles. The lowest BCUT2D eigenvalue weighted by Gasteiger charge is -2.19. The van der Waals surface area contributed by atoms with Gasteiger partial charge in [-0.2, -0.15) is 5.26 Å². The summed E-state index contributed by atoms with van der Waals surface area (Å²) in [5.74, 6) is 1.46. The van der Waals surface area contributed by atoms with Crippen molar-refractivity contribution in [3.63, 3.8) is 0 Å². The summed E-state index contributed by atoms with van der Waals surface area (Å²) in [6, 6.07) is 18.3. The van der Waals surface area contributed by atoms with Crippen LogP contribution in [0, 0.1) is 29.1 Å². The Hall–Kier alpha value is -3.73. The van der Waals surface area contributed by atoms with Crippen molar-refractivity contribution in [3.05, 3.63) is 77.5 Å². The first-order chi connectivity index (χ1) is 16.1. The van der Waals surface area contributed by atoms with Crippen molar-refractivity contribution < 1.29 is 9.90 Å². The molecule has 1 saturated carbocycles. The highest BCUT2D eigenvalue weighted by Gasteiger charge is 2.54. The summed E-state index contributed by atoms with van der Waals surface area (Å²) in [5, 5.41) is 21.8. The van der Waals surface area contributed by atoms with Crippen molar-refractivity contribution in [2.75, 3.05) is 30.7 Å². The first-order valence-electron chi connectivity index (χ1n) is 11.1. The number of carbonyl (C=O) groups is 1. The highest BCUT2D eigenvalue weighted by atomic mass is 16.3. The zero-order valence-corrected chi connectivity index (χ0v) is 18.1. The van der Waals surface area contributed by atoms with Crippen LogP contribution in [0.4, 0.5) is 11.4 Å². The number of para-hydroxylation sites is 2. The fourth-order valence-corrected chi connectivity index (χ4v) is 4.89. The van der Waals surface area contributed by atoms with Gasteiger partial charge in [0.15, 0.2) is 0 Å². The van der Waals surface area contributed by atoms with Gasteiger partial charge in [-0.3, -0.25) is 14.7 Å². The van der Waals surface area contributed by atoms with Crippen LogP contribution in [0.5, 0.6) is 0 Å². The monoisotopic (exact) mass is 439 g/mol. The quantitative estimate of drug-likeness (QED) is 0.508. The minimum Gasteiger partial charge on any atom is -0.397 e. The number of benzene rings is 2. The molecule has 1 aromatic heterocycles. The molecule has 4 N–H and O–H groups in total. The average molecular weight is 440 g/mol. The van der Waals surface area contributed by atoms with E-state index in [0.29, 0.717) is 52.6 Å². The maximum Gasteiger partial charge on any atom is 0.255 e. The molecule has 1 unspecified atom stereocenters. The number of aliphatic hydroxyl groups excluding tert-OH is 1. The van der Waals surface area contributed by atoms with E-state index >= 15 is 0 Å². The number of amides is 1. The molecule has 1 aliphatic carbocycles. The van der Waals surface area contributed by atoms with Gasteiger partial charge in [0.05, 0.1) is 22.6 Å². The lowest BCUT2D eigenvalue weighted by molar-refractivity contribution is 0.102. The summed E-state index contributed by atoms with van der Waals surface area (Å²) < 4.78 is 0.